The molecule has 1 aromatic heterocycles. The highest BCUT2D eigenvalue weighted by Crippen LogP contribution is 2.37. The maximum Gasteiger partial charge on any atom is 0.338 e. The Bertz CT molecular complexity index is 1540. The zero-order valence-corrected chi connectivity index (χ0v) is 22.0. The first-order valence-corrected chi connectivity index (χ1v) is 12.1. The second kappa shape index (κ2) is 9.58. The zero-order chi connectivity index (χ0) is 24.7. The van der Waals surface area contributed by atoms with E-state index >= 15 is 0 Å². The Morgan fingerprint density at radius 1 is 1.24 bits per heavy atom. The van der Waals surface area contributed by atoms with Crippen molar-refractivity contribution in [3.05, 3.63) is 86.9 Å². The average molecular weight is 584 g/mol. The number of aromatic hydroxyl groups is 1. The standard InChI is InChI=1S/C23H17BrCl2N2O5S/c1-10-18(22(31)33-3)19(14-8-12(25)4-5-16(14)32-2)28-21(30)17(34-23(28)27-10)7-11-6-13(26)9-15(24)20(11)29/h4-9,19,29H,1-3H3/b17-7-/t19-/m1/s1. The van der Waals surface area contributed by atoms with Crippen LogP contribution in [0.1, 0.15) is 24.1 Å². The molecule has 0 radical (unpaired) electrons. The van der Waals surface area contributed by atoms with Gasteiger partial charge in [-0.1, -0.05) is 34.5 Å². The van der Waals surface area contributed by atoms with Gasteiger partial charge in [-0.15, -0.1) is 0 Å². The van der Waals surface area contributed by atoms with E-state index in [-0.39, 0.29) is 15.9 Å². The maximum atomic E-state index is 13.6. The molecule has 1 atom stereocenters. The smallest absolute Gasteiger partial charge is 0.338 e. The molecule has 0 bridgehead atoms. The Balaban J connectivity index is 2.05. The molecule has 11 heteroatoms. The summed E-state index contributed by atoms with van der Waals surface area (Å²) in [4.78, 5) is 31.3. The predicted molar refractivity (Wildman–Crippen MR) is 135 cm³/mol. The molecule has 2 aromatic carbocycles. The molecule has 1 N–H and O–H groups in total. The van der Waals surface area contributed by atoms with Crippen LogP contribution in [-0.4, -0.2) is 29.9 Å². The van der Waals surface area contributed by atoms with E-state index in [2.05, 4.69) is 20.9 Å². The summed E-state index contributed by atoms with van der Waals surface area (Å²) in [5.41, 5.74) is 1.03. The van der Waals surface area contributed by atoms with Gasteiger partial charge >= 0.3 is 5.97 Å². The van der Waals surface area contributed by atoms with Gasteiger partial charge in [0.25, 0.3) is 5.56 Å². The molecule has 7 nitrogen and oxygen atoms in total. The van der Waals surface area contributed by atoms with Crippen LogP contribution in [0, 0.1) is 0 Å². The third-order valence-electron chi connectivity index (χ3n) is 5.26. The monoisotopic (exact) mass is 582 g/mol. The van der Waals surface area contributed by atoms with Gasteiger partial charge in [-0.25, -0.2) is 9.79 Å². The number of benzene rings is 2. The molecule has 0 saturated heterocycles. The lowest BCUT2D eigenvalue weighted by molar-refractivity contribution is -0.136. The van der Waals surface area contributed by atoms with Gasteiger partial charge in [0, 0.05) is 21.2 Å². The molecule has 0 aliphatic carbocycles. The summed E-state index contributed by atoms with van der Waals surface area (Å²) in [6.07, 6.45) is 1.53. The lowest BCUT2D eigenvalue weighted by atomic mass is 9.95. The molecule has 1 aliphatic rings. The Morgan fingerprint density at radius 3 is 2.65 bits per heavy atom. The van der Waals surface area contributed by atoms with Crippen molar-refractivity contribution in [1.82, 2.24) is 4.57 Å². The Kier molecular flexibility index (Phi) is 6.91. The molecule has 0 unspecified atom stereocenters. The summed E-state index contributed by atoms with van der Waals surface area (Å²) >= 11 is 16.8. The first kappa shape index (κ1) is 24.5. The number of allylic oxidation sites excluding steroid dienone is 1. The second-order valence-corrected chi connectivity index (χ2v) is 10.0. The van der Waals surface area contributed by atoms with Crippen molar-refractivity contribution in [3.63, 3.8) is 0 Å². The minimum absolute atomic E-state index is 0.0604. The van der Waals surface area contributed by atoms with E-state index < -0.39 is 17.6 Å². The number of hydrogen-bond acceptors (Lipinski definition) is 7. The van der Waals surface area contributed by atoms with Gasteiger partial charge in [-0.2, -0.15) is 0 Å². The topological polar surface area (TPSA) is 90.1 Å². The quantitative estimate of drug-likeness (QED) is 0.465. The van der Waals surface area contributed by atoms with Crippen molar-refractivity contribution in [2.45, 2.75) is 13.0 Å². The van der Waals surface area contributed by atoms with Crippen LogP contribution in [0.15, 0.2) is 55.9 Å². The van der Waals surface area contributed by atoms with Crippen LogP contribution in [-0.2, 0) is 9.53 Å². The van der Waals surface area contributed by atoms with Crippen LogP contribution in [0.4, 0.5) is 0 Å². The van der Waals surface area contributed by atoms with Crippen molar-refractivity contribution in [1.29, 1.82) is 0 Å². The van der Waals surface area contributed by atoms with Crippen molar-refractivity contribution in [3.8, 4) is 11.5 Å². The number of carbonyl (C=O) groups excluding carboxylic acids is 1. The Labute approximate surface area is 216 Å². The SMILES string of the molecule is COC(=O)C1=C(C)N=c2s/c(=C\c3cc(Cl)cc(Br)c3O)c(=O)n2[C@@H]1c1cc(Cl)ccc1OC. The summed E-state index contributed by atoms with van der Waals surface area (Å²) in [5, 5.41) is 11.2. The fourth-order valence-electron chi connectivity index (χ4n) is 3.74. The highest BCUT2D eigenvalue weighted by molar-refractivity contribution is 9.10. The van der Waals surface area contributed by atoms with Crippen molar-refractivity contribution >= 4 is 62.5 Å². The predicted octanol–water partition coefficient (Wildman–Crippen LogP) is 4.19. The highest BCUT2D eigenvalue weighted by Gasteiger charge is 2.35. The third kappa shape index (κ3) is 4.29. The minimum Gasteiger partial charge on any atom is -0.506 e. The number of phenols is 1. The number of ether oxygens (including phenoxy) is 2. The molecule has 176 valence electrons. The fourth-order valence-corrected chi connectivity index (χ4v) is 5.79. The highest BCUT2D eigenvalue weighted by atomic mass is 79.9. The number of aromatic nitrogens is 1. The Hall–Kier alpha value is -2.59. The summed E-state index contributed by atoms with van der Waals surface area (Å²) in [7, 11) is 2.75. The molecule has 3 aromatic rings. The molecule has 0 saturated carbocycles. The number of thiazole rings is 1. The van der Waals surface area contributed by atoms with Crippen molar-refractivity contribution in [2.75, 3.05) is 14.2 Å². The number of nitrogens with zero attached hydrogens (tertiary/aromatic N) is 2. The van der Waals surface area contributed by atoms with Crippen LogP contribution in [0.25, 0.3) is 6.08 Å². The number of hydrogen-bond donors (Lipinski definition) is 1. The molecule has 0 fully saturated rings. The number of methoxy groups -OCH3 is 2. The minimum atomic E-state index is -0.890. The van der Waals surface area contributed by atoms with E-state index in [9.17, 15) is 14.7 Å². The second-order valence-electron chi connectivity index (χ2n) is 7.29. The third-order valence-corrected chi connectivity index (χ3v) is 7.30. The molecule has 2 heterocycles. The van der Waals surface area contributed by atoms with E-state index in [4.69, 9.17) is 32.7 Å². The van der Waals surface area contributed by atoms with E-state index in [1.165, 1.54) is 24.9 Å². The molecule has 34 heavy (non-hydrogen) atoms. The number of fused-ring (bicyclic) bond motifs is 1. The van der Waals surface area contributed by atoms with Crippen LogP contribution in [0.3, 0.4) is 0 Å². The molecular formula is C23H17BrCl2N2O5S. The number of phenolic OH excluding ortho intramolecular Hbond substituents is 1. The van der Waals surface area contributed by atoms with Gasteiger partial charge < -0.3 is 14.6 Å². The van der Waals surface area contributed by atoms with Crippen LogP contribution in [0.2, 0.25) is 10.0 Å². The summed E-state index contributed by atoms with van der Waals surface area (Å²) in [6, 6.07) is 7.17. The van der Waals surface area contributed by atoms with Crippen LogP contribution in [0.5, 0.6) is 11.5 Å². The lowest BCUT2D eigenvalue weighted by Gasteiger charge is -2.25. The normalized spacial score (nSPS) is 15.7. The maximum absolute atomic E-state index is 13.6. The molecule has 0 spiro atoms. The van der Waals surface area contributed by atoms with Gasteiger partial charge in [0.05, 0.1) is 34.5 Å². The first-order valence-electron chi connectivity index (χ1n) is 9.78. The van der Waals surface area contributed by atoms with Crippen molar-refractivity contribution in [2.24, 2.45) is 4.99 Å². The largest absolute Gasteiger partial charge is 0.506 e. The zero-order valence-electron chi connectivity index (χ0n) is 18.1. The number of halogens is 3. The van der Waals surface area contributed by atoms with E-state index in [0.29, 0.717) is 41.9 Å². The first-order chi connectivity index (χ1) is 16.2. The number of esters is 1. The van der Waals surface area contributed by atoms with Gasteiger partial charge in [-0.3, -0.25) is 9.36 Å². The fraction of sp³-hybridized carbons (Fsp3) is 0.174. The molecule has 1 aliphatic heterocycles. The van der Waals surface area contributed by atoms with Crippen molar-refractivity contribution < 1.29 is 19.4 Å². The van der Waals surface area contributed by atoms with Gasteiger partial charge in [-0.05, 0) is 59.3 Å². The Morgan fingerprint density at radius 2 is 1.97 bits per heavy atom. The van der Waals surface area contributed by atoms with Crippen LogP contribution < -0.4 is 19.6 Å². The van der Waals surface area contributed by atoms with Gasteiger partial charge in [0.2, 0.25) is 0 Å². The molecular weight excluding hydrogens is 567 g/mol. The number of rotatable bonds is 4. The average Bonchev–Trinajstić information content (AvgIpc) is 3.10. The van der Waals surface area contributed by atoms with Gasteiger partial charge in [0.15, 0.2) is 4.80 Å². The summed E-state index contributed by atoms with van der Waals surface area (Å²) < 4.78 is 12.6. The molecule has 0 amide bonds. The van der Waals surface area contributed by atoms with E-state index in [0.717, 1.165) is 11.3 Å². The van der Waals surface area contributed by atoms with Gasteiger partial charge in [0.1, 0.15) is 17.5 Å². The molecule has 4 rings (SSSR count). The van der Waals surface area contributed by atoms with E-state index in [1.54, 1.807) is 37.3 Å². The van der Waals surface area contributed by atoms with Crippen LogP contribution >= 0.6 is 50.5 Å². The number of carbonyl (C=O) groups is 1. The summed E-state index contributed by atoms with van der Waals surface area (Å²) in [5.74, 6) is -0.245. The van der Waals surface area contributed by atoms with E-state index in [1.807, 2.05) is 0 Å². The summed E-state index contributed by atoms with van der Waals surface area (Å²) in [6.45, 7) is 1.67. The lowest BCUT2D eigenvalue weighted by Crippen LogP contribution is -2.40.